The molecule has 5 heteroatoms. The fraction of sp³-hybridized carbons (Fsp3) is 0.600. The average molecular weight is 290 g/mol. The highest BCUT2D eigenvalue weighted by molar-refractivity contribution is 7.18. The molecule has 2 N–H and O–H groups in total. The predicted octanol–water partition coefficient (Wildman–Crippen LogP) is 4.03. The van der Waals surface area contributed by atoms with E-state index in [2.05, 4.69) is 47.4 Å². The molecule has 0 amide bonds. The molecular weight excluding hydrogens is 268 g/mol. The minimum atomic E-state index is 0.572. The van der Waals surface area contributed by atoms with Crippen molar-refractivity contribution in [2.75, 3.05) is 17.2 Å². The number of fused-ring (bicyclic) bond motifs is 1. The monoisotopic (exact) mass is 290 g/mol. The molecule has 0 aromatic carbocycles. The Morgan fingerprint density at radius 1 is 1.35 bits per heavy atom. The zero-order valence-corrected chi connectivity index (χ0v) is 13.2. The Morgan fingerprint density at radius 3 is 2.85 bits per heavy atom. The van der Waals surface area contributed by atoms with Crippen LogP contribution in [0.15, 0.2) is 6.07 Å². The van der Waals surface area contributed by atoms with Gasteiger partial charge in [0.1, 0.15) is 10.6 Å². The first-order valence-electron chi connectivity index (χ1n) is 7.44. The summed E-state index contributed by atoms with van der Waals surface area (Å²) in [7, 11) is 0. The molecule has 1 saturated carbocycles. The van der Waals surface area contributed by atoms with E-state index in [0.717, 1.165) is 40.9 Å². The number of nitrogens with one attached hydrogen (secondary N) is 2. The van der Waals surface area contributed by atoms with Crippen LogP contribution in [0.1, 0.15) is 38.0 Å². The standard InChI is InChI=1S/C15H22N4S/c1-4-5-16-15-18-13(17-11-6-9(2)7-11)12-8-10(3)20-14(12)19-15/h8-9,11H,4-7H2,1-3H3,(H2,16,17,18,19). The number of hydrogen-bond donors (Lipinski definition) is 2. The van der Waals surface area contributed by atoms with Gasteiger partial charge in [0, 0.05) is 17.5 Å². The minimum Gasteiger partial charge on any atom is -0.367 e. The number of aromatic nitrogens is 2. The van der Waals surface area contributed by atoms with E-state index in [-0.39, 0.29) is 0 Å². The first-order chi connectivity index (χ1) is 9.65. The van der Waals surface area contributed by atoms with Crippen LogP contribution in [0, 0.1) is 12.8 Å². The summed E-state index contributed by atoms with van der Waals surface area (Å²) < 4.78 is 0. The van der Waals surface area contributed by atoms with Crippen molar-refractivity contribution in [2.45, 2.75) is 46.1 Å². The maximum absolute atomic E-state index is 4.67. The number of anilines is 2. The molecule has 0 atom stereocenters. The van der Waals surface area contributed by atoms with Gasteiger partial charge in [-0.2, -0.15) is 4.98 Å². The van der Waals surface area contributed by atoms with Gasteiger partial charge in [0.15, 0.2) is 0 Å². The van der Waals surface area contributed by atoms with Gasteiger partial charge in [0.2, 0.25) is 5.95 Å². The van der Waals surface area contributed by atoms with E-state index in [1.54, 1.807) is 11.3 Å². The number of nitrogens with zero attached hydrogens (tertiary/aromatic N) is 2. The molecule has 3 rings (SSSR count). The van der Waals surface area contributed by atoms with Crippen molar-refractivity contribution in [1.29, 1.82) is 0 Å². The molecule has 108 valence electrons. The first-order valence-corrected chi connectivity index (χ1v) is 8.26. The molecule has 0 radical (unpaired) electrons. The second-order valence-electron chi connectivity index (χ2n) is 5.82. The Kier molecular flexibility index (Phi) is 3.78. The van der Waals surface area contributed by atoms with Crippen LogP contribution < -0.4 is 10.6 Å². The van der Waals surface area contributed by atoms with E-state index in [1.807, 2.05) is 0 Å². The van der Waals surface area contributed by atoms with Gasteiger partial charge < -0.3 is 10.6 Å². The topological polar surface area (TPSA) is 49.8 Å². The fourth-order valence-electron chi connectivity index (χ4n) is 2.68. The van der Waals surface area contributed by atoms with Crippen molar-refractivity contribution in [3.8, 4) is 0 Å². The average Bonchev–Trinajstić information content (AvgIpc) is 2.75. The van der Waals surface area contributed by atoms with E-state index in [1.165, 1.54) is 17.7 Å². The number of aryl methyl sites for hydroxylation is 1. The van der Waals surface area contributed by atoms with E-state index >= 15 is 0 Å². The summed E-state index contributed by atoms with van der Waals surface area (Å²) in [4.78, 5) is 11.6. The van der Waals surface area contributed by atoms with E-state index in [9.17, 15) is 0 Å². The first kappa shape index (κ1) is 13.6. The van der Waals surface area contributed by atoms with Gasteiger partial charge in [-0.25, -0.2) is 4.98 Å². The Hall–Kier alpha value is -1.36. The third-order valence-electron chi connectivity index (χ3n) is 3.76. The highest BCUT2D eigenvalue weighted by atomic mass is 32.1. The van der Waals surface area contributed by atoms with Gasteiger partial charge >= 0.3 is 0 Å². The van der Waals surface area contributed by atoms with E-state index in [0.29, 0.717) is 6.04 Å². The Labute approximate surface area is 124 Å². The van der Waals surface area contributed by atoms with Crippen molar-refractivity contribution < 1.29 is 0 Å². The summed E-state index contributed by atoms with van der Waals surface area (Å²) in [6.07, 6.45) is 3.56. The van der Waals surface area contributed by atoms with Gasteiger partial charge in [-0.15, -0.1) is 11.3 Å². The van der Waals surface area contributed by atoms with Crippen molar-refractivity contribution in [3.63, 3.8) is 0 Å². The normalized spacial score (nSPS) is 21.8. The minimum absolute atomic E-state index is 0.572. The Morgan fingerprint density at radius 2 is 2.15 bits per heavy atom. The zero-order chi connectivity index (χ0) is 14.1. The molecule has 0 bridgehead atoms. The summed E-state index contributed by atoms with van der Waals surface area (Å²) in [5, 5.41) is 8.06. The van der Waals surface area contributed by atoms with Crippen LogP contribution in [0.4, 0.5) is 11.8 Å². The van der Waals surface area contributed by atoms with Gasteiger partial charge in [0.05, 0.1) is 5.39 Å². The van der Waals surface area contributed by atoms with Gasteiger partial charge in [-0.1, -0.05) is 13.8 Å². The zero-order valence-electron chi connectivity index (χ0n) is 12.4. The summed E-state index contributed by atoms with van der Waals surface area (Å²) in [5.41, 5.74) is 0. The molecule has 20 heavy (non-hydrogen) atoms. The molecule has 0 aliphatic heterocycles. The maximum Gasteiger partial charge on any atom is 0.226 e. The number of rotatable bonds is 5. The van der Waals surface area contributed by atoms with Crippen LogP contribution in [-0.2, 0) is 0 Å². The molecule has 0 unspecified atom stereocenters. The molecule has 0 spiro atoms. The SMILES string of the molecule is CCCNc1nc(NC2CC(C)C2)c2cc(C)sc2n1. The number of thiophene rings is 1. The lowest BCUT2D eigenvalue weighted by atomic mass is 9.82. The summed E-state index contributed by atoms with van der Waals surface area (Å²) in [5.74, 6) is 2.58. The van der Waals surface area contributed by atoms with E-state index < -0.39 is 0 Å². The molecule has 4 nitrogen and oxygen atoms in total. The molecule has 1 fully saturated rings. The van der Waals surface area contributed by atoms with Crippen LogP contribution in [0.5, 0.6) is 0 Å². The van der Waals surface area contributed by atoms with Crippen LogP contribution in [-0.4, -0.2) is 22.6 Å². The molecule has 0 saturated heterocycles. The fourth-order valence-corrected chi connectivity index (χ4v) is 3.56. The second-order valence-corrected chi connectivity index (χ2v) is 7.05. The third kappa shape index (κ3) is 2.73. The second kappa shape index (κ2) is 5.56. The van der Waals surface area contributed by atoms with E-state index in [4.69, 9.17) is 0 Å². The molecule has 2 heterocycles. The molecule has 1 aliphatic carbocycles. The Balaban J connectivity index is 1.89. The quantitative estimate of drug-likeness (QED) is 0.873. The lowest BCUT2D eigenvalue weighted by molar-refractivity contribution is 0.309. The predicted molar refractivity (Wildman–Crippen MR) is 86.7 cm³/mol. The van der Waals surface area contributed by atoms with Crippen LogP contribution in [0.25, 0.3) is 10.2 Å². The molecule has 2 aromatic heterocycles. The summed E-state index contributed by atoms with van der Waals surface area (Å²) in [6.45, 7) is 7.49. The van der Waals surface area contributed by atoms with Gasteiger partial charge in [-0.05, 0) is 38.2 Å². The number of hydrogen-bond acceptors (Lipinski definition) is 5. The smallest absolute Gasteiger partial charge is 0.226 e. The van der Waals surface area contributed by atoms with Crippen molar-refractivity contribution >= 4 is 33.3 Å². The highest BCUT2D eigenvalue weighted by Gasteiger charge is 2.26. The van der Waals surface area contributed by atoms with Gasteiger partial charge in [-0.3, -0.25) is 0 Å². The molecule has 1 aliphatic rings. The van der Waals surface area contributed by atoms with Crippen molar-refractivity contribution in [2.24, 2.45) is 5.92 Å². The summed E-state index contributed by atoms with van der Waals surface area (Å²) >= 11 is 1.74. The van der Waals surface area contributed by atoms with Crippen LogP contribution in [0.3, 0.4) is 0 Å². The molecular formula is C15H22N4S. The van der Waals surface area contributed by atoms with Crippen molar-refractivity contribution in [1.82, 2.24) is 9.97 Å². The molecule has 2 aromatic rings. The highest BCUT2D eigenvalue weighted by Crippen LogP contribution is 2.34. The van der Waals surface area contributed by atoms with Crippen molar-refractivity contribution in [3.05, 3.63) is 10.9 Å². The largest absolute Gasteiger partial charge is 0.367 e. The lowest BCUT2D eigenvalue weighted by Crippen LogP contribution is -2.34. The van der Waals surface area contributed by atoms with Crippen LogP contribution >= 0.6 is 11.3 Å². The Bertz CT molecular complexity index is 601. The third-order valence-corrected chi connectivity index (χ3v) is 4.71. The summed E-state index contributed by atoms with van der Waals surface area (Å²) in [6, 6.07) is 2.76. The maximum atomic E-state index is 4.67. The lowest BCUT2D eigenvalue weighted by Gasteiger charge is -2.33. The van der Waals surface area contributed by atoms with Gasteiger partial charge in [0.25, 0.3) is 0 Å². The van der Waals surface area contributed by atoms with Crippen LogP contribution in [0.2, 0.25) is 0 Å².